The van der Waals surface area contributed by atoms with Gasteiger partial charge in [0.1, 0.15) is 11.4 Å². The fraction of sp³-hybridized carbons (Fsp3) is 0. The molecular weight excluding hydrogens is 340 g/mol. The van der Waals surface area contributed by atoms with E-state index >= 15 is 0 Å². The number of amides is 1. The normalized spacial score (nSPS) is 11.1. The van der Waals surface area contributed by atoms with Gasteiger partial charge in [0.25, 0.3) is 5.91 Å². The molecule has 0 saturated carbocycles. The molecule has 6 heteroatoms. The van der Waals surface area contributed by atoms with E-state index in [1.54, 1.807) is 30.3 Å². The van der Waals surface area contributed by atoms with E-state index in [4.69, 9.17) is 0 Å². The number of benzene rings is 3. The molecule has 132 valence electrons. The predicted molar refractivity (Wildman–Crippen MR) is 105 cm³/mol. The average Bonchev–Trinajstić information content (AvgIpc) is 3.19. The van der Waals surface area contributed by atoms with Gasteiger partial charge in [-0.1, -0.05) is 36.4 Å². The number of aromatic amines is 1. The zero-order valence-corrected chi connectivity index (χ0v) is 14.3. The van der Waals surface area contributed by atoms with Crippen molar-refractivity contribution in [1.29, 1.82) is 0 Å². The molecule has 0 aliphatic heterocycles. The molecule has 1 amide bonds. The van der Waals surface area contributed by atoms with Crippen LogP contribution >= 0.6 is 0 Å². The van der Waals surface area contributed by atoms with Crippen LogP contribution in [0.5, 0.6) is 5.75 Å². The van der Waals surface area contributed by atoms with E-state index in [1.165, 1.54) is 6.21 Å². The van der Waals surface area contributed by atoms with Crippen LogP contribution in [0.3, 0.4) is 0 Å². The van der Waals surface area contributed by atoms with E-state index in [0.717, 1.165) is 21.9 Å². The number of phenols is 1. The largest absolute Gasteiger partial charge is 0.508 e. The van der Waals surface area contributed by atoms with Gasteiger partial charge in [0.15, 0.2) is 0 Å². The maximum absolute atomic E-state index is 12.2. The van der Waals surface area contributed by atoms with Crippen LogP contribution in [-0.4, -0.2) is 27.4 Å². The van der Waals surface area contributed by atoms with Gasteiger partial charge in [0.05, 0.1) is 11.9 Å². The summed E-state index contributed by atoms with van der Waals surface area (Å²) in [4.78, 5) is 12.2. The maximum Gasteiger partial charge on any atom is 0.289 e. The lowest BCUT2D eigenvalue weighted by molar-refractivity contribution is 0.0950. The smallest absolute Gasteiger partial charge is 0.289 e. The minimum atomic E-state index is -0.385. The SMILES string of the molecule is O=C(N/N=C/c1ccc(O)cc1)c1cc(-c2ccc3ccccc3c2)n[nH]1. The number of carbonyl (C=O) groups excluding carboxylic acids is 1. The van der Waals surface area contributed by atoms with Crippen molar-refractivity contribution in [2.24, 2.45) is 5.10 Å². The van der Waals surface area contributed by atoms with Crippen LogP contribution in [0.15, 0.2) is 77.9 Å². The van der Waals surface area contributed by atoms with Gasteiger partial charge < -0.3 is 5.11 Å². The van der Waals surface area contributed by atoms with Crippen LogP contribution in [0.2, 0.25) is 0 Å². The van der Waals surface area contributed by atoms with Gasteiger partial charge in [-0.2, -0.15) is 10.2 Å². The van der Waals surface area contributed by atoms with Gasteiger partial charge in [-0.05, 0) is 52.7 Å². The van der Waals surface area contributed by atoms with Crippen molar-refractivity contribution in [3.05, 3.63) is 84.1 Å². The number of nitrogens with one attached hydrogen (secondary N) is 2. The van der Waals surface area contributed by atoms with E-state index in [0.29, 0.717) is 11.4 Å². The number of hydrogen-bond donors (Lipinski definition) is 3. The second-order valence-corrected chi connectivity index (χ2v) is 6.02. The Balaban J connectivity index is 1.47. The van der Waals surface area contributed by atoms with Crippen molar-refractivity contribution in [3.8, 4) is 17.0 Å². The molecule has 0 atom stereocenters. The van der Waals surface area contributed by atoms with Crippen molar-refractivity contribution in [2.75, 3.05) is 0 Å². The molecule has 0 aliphatic carbocycles. The van der Waals surface area contributed by atoms with Gasteiger partial charge in [0.2, 0.25) is 0 Å². The fourth-order valence-electron chi connectivity index (χ4n) is 2.72. The minimum absolute atomic E-state index is 0.176. The van der Waals surface area contributed by atoms with E-state index < -0.39 is 0 Å². The number of nitrogens with zero attached hydrogens (tertiary/aromatic N) is 2. The van der Waals surface area contributed by atoms with Crippen molar-refractivity contribution in [1.82, 2.24) is 15.6 Å². The molecule has 0 bridgehead atoms. The highest BCUT2D eigenvalue weighted by atomic mass is 16.3. The van der Waals surface area contributed by atoms with E-state index in [9.17, 15) is 9.90 Å². The molecule has 4 aromatic rings. The Morgan fingerprint density at radius 2 is 1.78 bits per heavy atom. The standard InChI is InChI=1S/C21H16N4O2/c26-18-9-5-14(6-10-18)13-22-25-21(27)20-12-19(23-24-20)17-8-7-15-3-1-2-4-16(15)11-17/h1-13,26H,(H,23,24)(H,25,27)/b22-13+. The number of H-pyrrole nitrogens is 1. The second-order valence-electron chi connectivity index (χ2n) is 6.02. The van der Waals surface area contributed by atoms with Crippen LogP contribution in [0.1, 0.15) is 16.1 Å². The van der Waals surface area contributed by atoms with Crippen LogP contribution in [0.25, 0.3) is 22.0 Å². The fourth-order valence-corrected chi connectivity index (χ4v) is 2.72. The van der Waals surface area contributed by atoms with Gasteiger partial charge in [-0.15, -0.1) is 0 Å². The summed E-state index contributed by atoms with van der Waals surface area (Å²) in [7, 11) is 0. The highest BCUT2D eigenvalue weighted by Gasteiger charge is 2.10. The van der Waals surface area contributed by atoms with Gasteiger partial charge in [-0.25, -0.2) is 5.43 Å². The number of aromatic nitrogens is 2. The summed E-state index contributed by atoms with van der Waals surface area (Å²) in [5, 5.41) is 22.4. The summed E-state index contributed by atoms with van der Waals surface area (Å²) in [6, 6.07) is 22.3. The summed E-state index contributed by atoms with van der Waals surface area (Å²) in [6.07, 6.45) is 1.50. The first kappa shape index (κ1) is 16.5. The lowest BCUT2D eigenvalue weighted by Crippen LogP contribution is -2.17. The molecule has 0 fully saturated rings. The molecule has 6 nitrogen and oxygen atoms in total. The molecule has 0 aliphatic rings. The van der Waals surface area contributed by atoms with Crippen LogP contribution in [0.4, 0.5) is 0 Å². The Morgan fingerprint density at radius 3 is 2.59 bits per heavy atom. The maximum atomic E-state index is 12.2. The molecular formula is C21H16N4O2. The first-order valence-corrected chi connectivity index (χ1v) is 8.36. The zero-order valence-electron chi connectivity index (χ0n) is 14.3. The minimum Gasteiger partial charge on any atom is -0.508 e. The Hall–Kier alpha value is -3.93. The average molecular weight is 356 g/mol. The summed E-state index contributed by atoms with van der Waals surface area (Å²) in [5.74, 6) is -0.209. The molecule has 3 N–H and O–H groups in total. The summed E-state index contributed by atoms with van der Waals surface area (Å²) < 4.78 is 0. The van der Waals surface area contributed by atoms with Crippen LogP contribution in [-0.2, 0) is 0 Å². The number of hydrazone groups is 1. The third-order valence-corrected chi connectivity index (χ3v) is 4.14. The highest BCUT2D eigenvalue weighted by molar-refractivity contribution is 5.94. The quantitative estimate of drug-likeness (QED) is 0.385. The molecule has 27 heavy (non-hydrogen) atoms. The van der Waals surface area contributed by atoms with Gasteiger partial charge in [-0.3, -0.25) is 9.89 Å². The van der Waals surface area contributed by atoms with E-state index in [-0.39, 0.29) is 11.7 Å². The Labute approximate surface area is 155 Å². The molecule has 0 spiro atoms. The predicted octanol–water partition coefficient (Wildman–Crippen LogP) is 3.70. The summed E-state index contributed by atoms with van der Waals surface area (Å²) >= 11 is 0. The Kier molecular flexibility index (Phi) is 4.37. The third-order valence-electron chi connectivity index (χ3n) is 4.14. The van der Waals surface area contributed by atoms with E-state index in [1.807, 2.05) is 36.4 Å². The van der Waals surface area contributed by atoms with Crippen molar-refractivity contribution < 1.29 is 9.90 Å². The highest BCUT2D eigenvalue weighted by Crippen LogP contribution is 2.23. The number of rotatable bonds is 4. The van der Waals surface area contributed by atoms with Crippen LogP contribution < -0.4 is 5.43 Å². The zero-order chi connectivity index (χ0) is 18.6. The molecule has 4 rings (SSSR count). The molecule has 3 aromatic carbocycles. The molecule has 0 radical (unpaired) electrons. The van der Waals surface area contributed by atoms with Crippen molar-refractivity contribution in [3.63, 3.8) is 0 Å². The van der Waals surface area contributed by atoms with Crippen LogP contribution in [0, 0.1) is 0 Å². The third kappa shape index (κ3) is 3.69. The monoisotopic (exact) mass is 356 g/mol. The second kappa shape index (κ2) is 7.13. The number of phenolic OH excluding ortho intramolecular Hbond substituents is 1. The number of hydrogen-bond acceptors (Lipinski definition) is 4. The first-order valence-electron chi connectivity index (χ1n) is 8.36. The lowest BCUT2D eigenvalue weighted by atomic mass is 10.1. The van der Waals surface area contributed by atoms with E-state index in [2.05, 4.69) is 26.8 Å². The van der Waals surface area contributed by atoms with Crippen molar-refractivity contribution in [2.45, 2.75) is 0 Å². The molecule has 1 heterocycles. The molecule has 0 unspecified atom stereocenters. The number of carbonyl (C=O) groups is 1. The van der Waals surface area contributed by atoms with Crippen molar-refractivity contribution >= 4 is 22.9 Å². The summed E-state index contributed by atoms with van der Waals surface area (Å²) in [5.41, 5.74) is 5.15. The van der Waals surface area contributed by atoms with Gasteiger partial charge in [0, 0.05) is 5.56 Å². The summed E-state index contributed by atoms with van der Waals surface area (Å²) in [6.45, 7) is 0. The molecule has 1 aromatic heterocycles. The number of fused-ring (bicyclic) bond motifs is 1. The first-order chi connectivity index (χ1) is 13.2. The lowest BCUT2D eigenvalue weighted by Gasteiger charge is -2.00. The molecule has 0 saturated heterocycles. The van der Waals surface area contributed by atoms with Gasteiger partial charge >= 0.3 is 0 Å². The number of aromatic hydroxyl groups is 1. The Bertz CT molecular complexity index is 1130. The Morgan fingerprint density at radius 1 is 1.00 bits per heavy atom. The topological polar surface area (TPSA) is 90.4 Å².